The Hall–Kier alpha value is -1.51. The summed E-state index contributed by atoms with van der Waals surface area (Å²) in [5, 5.41) is 0.805. The summed E-state index contributed by atoms with van der Waals surface area (Å²) in [5.41, 5.74) is 10.8. The van der Waals surface area contributed by atoms with E-state index in [2.05, 4.69) is 23.1 Å². The first kappa shape index (κ1) is 12.5. The summed E-state index contributed by atoms with van der Waals surface area (Å²) in [6.45, 7) is 2.99. The van der Waals surface area contributed by atoms with Crippen LogP contribution in [0.1, 0.15) is 16.7 Å². The summed E-state index contributed by atoms with van der Waals surface area (Å²) in [4.78, 5) is 2.44. The number of nitrogens with two attached hydrogens (primary N) is 1. The number of nitrogens with zero attached hydrogens (tertiary/aromatic N) is 1. The van der Waals surface area contributed by atoms with Crippen LogP contribution in [-0.2, 0) is 19.5 Å². The molecule has 19 heavy (non-hydrogen) atoms. The molecule has 3 rings (SSSR count). The van der Waals surface area contributed by atoms with Gasteiger partial charge in [0.2, 0.25) is 0 Å². The molecule has 0 spiro atoms. The van der Waals surface area contributed by atoms with Gasteiger partial charge in [0.05, 0.1) is 0 Å². The Morgan fingerprint density at radius 1 is 1.11 bits per heavy atom. The van der Waals surface area contributed by atoms with E-state index in [1.54, 1.807) is 0 Å². The number of hydrogen-bond donors (Lipinski definition) is 1. The average Bonchev–Trinajstić information content (AvgIpc) is 2.38. The summed E-state index contributed by atoms with van der Waals surface area (Å²) in [7, 11) is 0. The molecule has 98 valence electrons. The summed E-state index contributed by atoms with van der Waals surface area (Å²) in [5.74, 6) is 0. The van der Waals surface area contributed by atoms with Crippen LogP contribution >= 0.6 is 11.6 Å². The van der Waals surface area contributed by atoms with Gasteiger partial charge >= 0.3 is 0 Å². The smallest absolute Gasteiger partial charge is 0.0409 e. The molecule has 3 heteroatoms. The van der Waals surface area contributed by atoms with Crippen LogP contribution in [0.25, 0.3) is 0 Å². The first-order chi connectivity index (χ1) is 9.20. The molecule has 1 aliphatic rings. The Bertz CT molecular complexity index is 595. The molecule has 2 aromatic rings. The predicted octanol–water partition coefficient (Wildman–Crippen LogP) is 3.48. The van der Waals surface area contributed by atoms with Crippen molar-refractivity contribution in [3.05, 3.63) is 64.2 Å². The summed E-state index contributed by atoms with van der Waals surface area (Å²) in [6.07, 6.45) is 1.09. The molecule has 1 heterocycles. The van der Waals surface area contributed by atoms with Crippen LogP contribution in [0.4, 0.5) is 5.69 Å². The van der Waals surface area contributed by atoms with E-state index in [9.17, 15) is 0 Å². The molecule has 2 aromatic carbocycles. The van der Waals surface area contributed by atoms with Gasteiger partial charge in [-0.2, -0.15) is 0 Å². The van der Waals surface area contributed by atoms with Crippen LogP contribution in [0.3, 0.4) is 0 Å². The molecule has 0 fully saturated rings. The number of halogens is 1. The van der Waals surface area contributed by atoms with Crippen molar-refractivity contribution in [2.24, 2.45) is 0 Å². The number of rotatable bonds is 2. The molecule has 0 unspecified atom stereocenters. The maximum atomic E-state index is 6.03. The van der Waals surface area contributed by atoms with Gasteiger partial charge in [0.15, 0.2) is 0 Å². The maximum Gasteiger partial charge on any atom is 0.0409 e. The van der Waals surface area contributed by atoms with Crippen molar-refractivity contribution in [1.82, 2.24) is 4.90 Å². The fraction of sp³-hybridized carbons (Fsp3) is 0.250. The lowest BCUT2D eigenvalue weighted by Gasteiger charge is -2.29. The second-order valence-electron chi connectivity index (χ2n) is 5.12. The molecule has 0 saturated carbocycles. The van der Waals surface area contributed by atoms with Crippen LogP contribution in [-0.4, -0.2) is 11.4 Å². The standard InChI is InChI=1S/C16H17ClN2/c17-15-3-1-2-12(8-15)10-19-7-6-13-4-5-16(18)9-14(13)11-19/h1-5,8-9H,6-7,10-11,18H2. The molecule has 0 radical (unpaired) electrons. The minimum absolute atomic E-state index is 0.805. The van der Waals surface area contributed by atoms with Gasteiger partial charge in [-0.05, 0) is 47.4 Å². The Labute approximate surface area is 118 Å². The van der Waals surface area contributed by atoms with Crippen LogP contribution in [0.5, 0.6) is 0 Å². The zero-order valence-corrected chi connectivity index (χ0v) is 11.5. The molecule has 0 amide bonds. The van der Waals surface area contributed by atoms with Gasteiger partial charge in [-0.1, -0.05) is 29.8 Å². The van der Waals surface area contributed by atoms with E-state index in [0.29, 0.717) is 0 Å². The van der Waals surface area contributed by atoms with E-state index in [-0.39, 0.29) is 0 Å². The van der Waals surface area contributed by atoms with Gasteiger partial charge in [0, 0.05) is 30.3 Å². The lowest BCUT2D eigenvalue weighted by atomic mass is 9.99. The highest BCUT2D eigenvalue weighted by Crippen LogP contribution is 2.23. The highest BCUT2D eigenvalue weighted by Gasteiger charge is 2.16. The van der Waals surface area contributed by atoms with Gasteiger partial charge in [-0.25, -0.2) is 0 Å². The number of hydrogen-bond acceptors (Lipinski definition) is 2. The Morgan fingerprint density at radius 2 is 2.00 bits per heavy atom. The van der Waals surface area contributed by atoms with E-state index in [4.69, 9.17) is 17.3 Å². The zero-order valence-electron chi connectivity index (χ0n) is 10.8. The molecule has 0 aromatic heterocycles. The van der Waals surface area contributed by atoms with E-state index >= 15 is 0 Å². The molecule has 2 N–H and O–H groups in total. The van der Waals surface area contributed by atoms with Gasteiger partial charge in [0.25, 0.3) is 0 Å². The maximum absolute atomic E-state index is 6.03. The van der Waals surface area contributed by atoms with Crippen LogP contribution in [0.15, 0.2) is 42.5 Å². The van der Waals surface area contributed by atoms with Crippen molar-refractivity contribution >= 4 is 17.3 Å². The third-order valence-corrected chi connectivity index (χ3v) is 3.85. The number of anilines is 1. The minimum Gasteiger partial charge on any atom is -0.399 e. The van der Waals surface area contributed by atoms with Crippen LogP contribution in [0, 0.1) is 0 Å². The van der Waals surface area contributed by atoms with Gasteiger partial charge in [-0.15, -0.1) is 0 Å². The summed E-state index contributed by atoms with van der Waals surface area (Å²) >= 11 is 6.03. The highest BCUT2D eigenvalue weighted by atomic mass is 35.5. The van der Waals surface area contributed by atoms with E-state index in [1.165, 1.54) is 16.7 Å². The van der Waals surface area contributed by atoms with Gasteiger partial charge in [0.1, 0.15) is 0 Å². The first-order valence-electron chi connectivity index (χ1n) is 6.55. The topological polar surface area (TPSA) is 29.3 Å². The van der Waals surface area contributed by atoms with Gasteiger partial charge < -0.3 is 5.73 Å². The minimum atomic E-state index is 0.805. The Balaban J connectivity index is 1.75. The van der Waals surface area contributed by atoms with Crippen LogP contribution in [0.2, 0.25) is 5.02 Å². The fourth-order valence-corrected chi connectivity index (χ4v) is 2.88. The largest absolute Gasteiger partial charge is 0.399 e. The number of fused-ring (bicyclic) bond motifs is 1. The van der Waals surface area contributed by atoms with Crippen molar-refractivity contribution in [2.75, 3.05) is 12.3 Å². The number of nitrogen functional groups attached to an aromatic ring is 1. The molecule has 1 aliphatic heterocycles. The fourth-order valence-electron chi connectivity index (χ4n) is 2.66. The average molecular weight is 273 g/mol. The molecular formula is C16H17ClN2. The monoisotopic (exact) mass is 272 g/mol. The lowest BCUT2D eigenvalue weighted by Crippen LogP contribution is -2.30. The number of benzene rings is 2. The molecule has 0 bridgehead atoms. The molecule has 2 nitrogen and oxygen atoms in total. The normalized spacial score (nSPS) is 15.2. The summed E-state index contributed by atoms with van der Waals surface area (Å²) < 4.78 is 0. The van der Waals surface area contributed by atoms with Crippen molar-refractivity contribution in [2.45, 2.75) is 19.5 Å². The lowest BCUT2D eigenvalue weighted by molar-refractivity contribution is 0.245. The second-order valence-corrected chi connectivity index (χ2v) is 5.56. The Kier molecular flexibility index (Phi) is 3.45. The molecular weight excluding hydrogens is 256 g/mol. The predicted molar refractivity (Wildman–Crippen MR) is 80.1 cm³/mol. The van der Waals surface area contributed by atoms with E-state index in [1.807, 2.05) is 24.3 Å². The first-order valence-corrected chi connectivity index (χ1v) is 6.92. The van der Waals surface area contributed by atoms with Crippen LogP contribution < -0.4 is 5.73 Å². The third-order valence-electron chi connectivity index (χ3n) is 3.62. The molecule has 0 aliphatic carbocycles. The molecule has 0 atom stereocenters. The van der Waals surface area contributed by atoms with E-state index in [0.717, 1.165) is 36.8 Å². The highest BCUT2D eigenvalue weighted by molar-refractivity contribution is 6.30. The van der Waals surface area contributed by atoms with Crippen molar-refractivity contribution in [1.29, 1.82) is 0 Å². The quantitative estimate of drug-likeness (QED) is 0.848. The zero-order chi connectivity index (χ0) is 13.2. The van der Waals surface area contributed by atoms with Crippen molar-refractivity contribution in [3.63, 3.8) is 0 Å². The van der Waals surface area contributed by atoms with Gasteiger partial charge in [-0.3, -0.25) is 4.90 Å². The second kappa shape index (κ2) is 5.24. The third kappa shape index (κ3) is 2.91. The van der Waals surface area contributed by atoms with Crippen molar-refractivity contribution in [3.8, 4) is 0 Å². The molecule has 0 saturated heterocycles. The summed E-state index contributed by atoms with van der Waals surface area (Å²) in [6, 6.07) is 14.3. The Morgan fingerprint density at radius 3 is 2.84 bits per heavy atom. The SMILES string of the molecule is Nc1ccc2c(c1)CN(Cc1cccc(Cl)c1)CC2. The van der Waals surface area contributed by atoms with Crippen molar-refractivity contribution < 1.29 is 0 Å². The van der Waals surface area contributed by atoms with E-state index < -0.39 is 0 Å².